The third kappa shape index (κ3) is 4.32. The first-order valence-corrected chi connectivity index (χ1v) is 11.1. The quantitative estimate of drug-likeness (QED) is 0.733. The van der Waals surface area contributed by atoms with Crippen molar-refractivity contribution in [1.29, 1.82) is 0 Å². The molecule has 2 heterocycles. The normalized spacial score (nSPS) is 16.9. The van der Waals surface area contributed by atoms with Crippen molar-refractivity contribution in [1.82, 2.24) is 14.7 Å². The summed E-state index contributed by atoms with van der Waals surface area (Å²) in [6, 6.07) is 10.2. The van der Waals surface area contributed by atoms with E-state index in [0.717, 1.165) is 18.4 Å². The van der Waals surface area contributed by atoms with Crippen LogP contribution in [0.3, 0.4) is 0 Å². The average Bonchev–Trinajstić information content (AvgIpc) is 3.19. The Labute approximate surface area is 177 Å². The van der Waals surface area contributed by atoms with Crippen LogP contribution < -0.4 is 0 Å². The molecule has 0 saturated heterocycles. The van der Waals surface area contributed by atoms with Crippen molar-refractivity contribution < 1.29 is 9.59 Å². The van der Waals surface area contributed by atoms with Gasteiger partial charge in [-0.1, -0.05) is 31.2 Å². The van der Waals surface area contributed by atoms with Crippen LogP contribution >= 0.6 is 11.3 Å². The summed E-state index contributed by atoms with van der Waals surface area (Å²) in [6.45, 7) is 6.92. The lowest BCUT2D eigenvalue weighted by Gasteiger charge is -2.39. The van der Waals surface area contributed by atoms with Crippen LogP contribution in [0.4, 0.5) is 4.79 Å². The van der Waals surface area contributed by atoms with Gasteiger partial charge in [0.2, 0.25) is 5.91 Å². The number of thiophene rings is 1. The number of urea groups is 1. The fourth-order valence-corrected chi connectivity index (χ4v) is 4.84. The zero-order valence-electron chi connectivity index (χ0n) is 18.0. The summed E-state index contributed by atoms with van der Waals surface area (Å²) in [5.41, 5.74) is 3.56. The molecule has 0 spiro atoms. The molecule has 1 aromatic carbocycles. The Hall–Kier alpha value is -2.34. The minimum Gasteiger partial charge on any atom is -0.331 e. The second-order valence-corrected chi connectivity index (χ2v) is 8.96. The zero-order valence-corrected chi connectivity index (χ0v) is 18.8. The van der Waals surface area contributed by atoms with Crippen molar-refractivity contribution in [2.75, 3.05) is 27.2 Å². The SMILES string of the molecule is CC[C@@H](C)N(CC(=O)N1CCc2sccc2[C@@H]1c1ccccc1C)C(=O)N(C)C. The van der Waals surface area contributed by atoms with Gasteiger partial charge >= 0.3 is 6.03 Å². The number of amides is 3. The van der Waals surface area contributed by atoms with Gasteiger partial charge < -0.3 is 14.7 Å². The fourth-order valence-electron chi connectivity index (χ4n) is 3.94. The maximum Gasteiger partial charge on any atom is 0.320 e. The largest absolute Gasteiger partial charge is 0.331 e. The van der Waals surface area contributed by atoms with Crippen molar-refractivity contribution in [2.24, 2.45) is 0 Å². The molecule has 0 fully saturated rings. The predicted octanol–water partition coefficient (Wildman–Crippen LogP) is 4.31. The summed E-state index contributed by atoms with van der Waals surface area (Å²) in [7, 11) is 3.47. The second kappa shape index (κ2) is 8.99. The van der Waals surface area contributed by atoms with E-state index in [-0.39, 0.29) is 30.6 Å². The molecule has 1 aliphatic rings. The summed E-state index contributed by atoms with van der Waals surface area (Å²) in [4.78, 5) is 32.8. The molecule has 1 aliphatic heterocycles. The third-order valence-corrected chi connectivity index (χ3v) is 6.82. The number of nitrogens with zero attached hydrogens (tertiary/aromatic N) is 3. The summed E-state index contributed by atoms with van der Waals surface area (Å²) in [6.07, 6.45) is 1.68. The number of rotatable bonds is 5. The van der Waals surface area contributed by atoms with Crippen molar-refractivity contribution in [3.05, 3.63) is 57.3 Å². The van der Waals surface area contributed by atoms with Gasteiger partial charge in [0.05, 0.1) is 6.04 Å². The zero-order chi connectivity index (χ0) is 21.1. The van der Waals surface area contributed by atoms with Gasteiger partial charge in [0, 0.05) is 31.6 Å². The van der Waals surface area contributed by atoms with E-state index >= 15 is 0 Å². The highest BCUT2D eigenvalue weighted by Gasteiger charge is 2.35. The molecule has 2 atom stereocenters. The Morgan fingerprint density at radius 2 is 1.93 bits per heavy atom. The molecule has 0 bridgehead atoms. The van der Waals surface area contributed by atoms with Crippen molar-refractivity contribution in [3.8, 4) is 0 Å². The molecule has 6 heteroatoms. The van der Waals surface area contributed by atoms with Gasteiger partial charge in [-0.25, -0.2) is 4.79 Å². The molecule has 0 unspecified atom stereocenters. The lowest BCUT2D eigenvalue weighted by atomic mass is 9.90. The van der Waals surface area contributed by atoms with Gasteiger partial charge in [-0.05, 0) is 54.8 Å². The smallest absolute Gasteiger partial charge is 0.320 e. The van der Waals surface area contributed by atoms with Crippen molar-refractivity contribution in [3.63, 3.8) is 0 Å². The van der Waals surface area contributed by atoms with Crippen LogP contribution in [0.1, 0.15) is 47.9 Å². The first kappa shape index (κ1) is 21.4. The van der Waals surface area contributed by atoms with E-state index in [1.807, 2.05) is 30.9 Å². The van der Waals surface area contributed by atoms with E-state index in [9.17, 15) is 9.59 Å². The molecule has 0 saturated carbocycles. The Balaban J connectivity index is 1.94. The fraction of sp³-hybridized carbons (Fsp3) is 0.478. The van der Waals surface area contributed by atoms with E-state index in [1.165, 1.54) is 16.0 Å². The standard InChI is InChI=1S/C23H31N3O2S/c1-6-17(3)26(23(28)24(4)5)15-21(27)25-13-11-20-19(12-14-29-20)22(25)18-10-8-7-9-16(18)2/h7-10,12,14,17,22H,6,11,13,15H2,1-5H3/t17-,22+/m1/s1. The summed E-state index contributed by atoms with van der Waals surface area (Å²) < 4.78 is 0. The maximum absolute atomic E-state index is 13.5. The Bertz CT molecular complexity index is 877. The van der Waals surface area contributed by atoms with Crippen molar-refractivity contribution >= 4 is 23.3 Å². The average molecular weight is 414 g/mol. The number of hydrogen-bond acceptors (Lipinski definition) is 3. The third-order valence-electron chi connectivity index (χ3n) is 5.83. The number of fused-ring (bicyclic) bond motifs is 1. The van der Waals surface area contributed by atoms with Gasteiger partial charge in [0.1, 0.15) is 6.54 Å². The molecule has 3 amide bonds. The lowest BCUT2D eigenvalue weighted by Crippen LogP contribution is -2.51. The molecule has 2 aromatic rings. The molecule has 3 rings (SSSR count). The molecule has 5 nitrogen and oxygen atoms in total. The highest BCUT2D eigenvalue weighted by atomic mass is 32.1. The van der Waals surface area contributed by atoms with Crippen LogP contribution in [-0.2, 0) is 11.2 Å². The lowest BCUT2D eigenvalue weighted by molar-refractivity contribution is -0.134. The number of benzene rings is 1. The van der Waals surface area contributed by atoms with Crippen LogP contribution in [-0.4, -0.2) is 59.9 Å². The van der Waals surface area contributed by atoms with Crippen LogP contribution in [0.15, 0.2) is 35.7 Å². The molecule has 156 valence electrons. The summed E-state index contributed by atoms with van der Waals surface area (Å²) in [5.74, 6) is 0.00519. The van der Waals surface area contributed by atoms with E-state index in [0.29, 0.717) is 6.54 Å². The van der Waals surface area contributed by atoms with Crippen molar-refractivity contribution in [2.45, 2.75) is 45.7 Å². The Morgan fingerprint density at radius 3 is 2.59 bits per heavy atom. The second-order valence-electron chi connectivity index (χ2n) is 7.96. The Kier molecular flexibility index (Phi) is 6.63. The van der Waals surface area contributed by atoms with Gasteiger partial charge in [-0.15, -0.1) is 11.3 Å². The number of carbonyl (C=O) groups is 2. The maximum atomic E-state index is 13.5. The van der Waals surface area contributed by atoms with Crippen LogP contribution in [0.5, 0.6) is 0 Å². The number of aryl methyl sites for hydroxylation is 1. The molecular formula is C23H31N3O2S. The summed E-state index contributed by atoms with van der Waals surface area (Å²) >= 11 is 1.77. The number of carbonyl (C=O) groups excluding carboxylic acids is 2. The topological polar surface area (TPSA) is 43.9 Å². The summed E-state index contributed by atoms with van der Waals surface area (Å²) in [5, 5.41) is 2.12. The number of hydrogen-bond donors (Lipinski definition) is 0. The minimum absolute atomic E-state index is 0.00519. The first-order valence-electron chi connectivity index (χ1n) is 10.2. The molecule has 0 radical (unpaired) electrons. The highest BCUT2D eigenvalue weighted by Crippen LogP contribution is 2.39. The van der Waals surface area contributed by atoms with E-state index < -0.39 is 0 Å². The Morgan fingerprint density at radius 1 is 1.21 bits per heavy atom. The first-order chi connectivity index (χ1) is 13.8. The monoisotopic (exact) mass is 413 g/mol. The highest BCUT2D eigenvalue weighted by molar-refractivity contribution is 7.10. The van der Waals surface area contributed by atoms with E-state index in [2.05, 4.69) is 30.5 Å². The molecular weight excluding hydrogens is 382 g/mol. The van der Waals surface area contributed by atoms with Crippen LogP contribution in [0.2, 0.25) is 0 Å². The molecule has 0 aliphatic carbocycles. The molecule has 1 aromatic heterocycles. The van der Waals surface area contributed by atoms with E-state index in [1.54, 1.807) is 35.2 Å². The van der Waals surface area contributed by atoms with Gasteiger partial charge in [-0.3, -0.25) is 4.79 Å². The van der Waals surface area contributed by atoms with Gasteiger partial charge in [0.15, 0.2) is 0 Å². The van der Waals surface area contributed by atoms with Gasteiger partial charge in [0.25, 0.3) is 0 Å². The van der Waals surface area contributed by atoms with Gasteiger partial charge in [-0.2, -0.15) is 0 Å². The molecule has 0 N–H and O–H groups in total. The van der Waals surface area contributed by atoms with Crippen LogP contribution in [0.25, 0.3) is 0 Å². The van der Waals surface area contributed by atoms with Crippen LogP contribution in [0, 0.1) is 6.92 Å². The minimum atomic E-state index is -0.117. The van der Waals surface area contributed by atoms with E-state index in [4.69, 9.17) is 0 Å². The predicted molar refractivity (Wildman–Crippen MR) is 118 cm³/mol. The molecule has 29 heavy (non-hydrogen) atoms.